The van der Waals surface area contributed by atoms with Gasteiger partial charge in [0.15, 0.2) is 0 Å². The Hall–Kier alpha value is -3.26. The maximum Gasteiger partial charge on any atom is 0.427 e. The van der Waals surface area contributed by atoms with Crippen molar-refractivity contribution in [2.45, 2.75) is 56.8 Å². The molecule has 9 nitrogen and oxygen atoms in total. The maximum atomic E-state index is 13.7. The minimum atomic E-state index is -4.85. The zero-order valence-corrected chi connectivity index (χ0v) is 22.3. The number of ether oxygens (including phenoxy) is 1. The molecule has 2 rings (SSSR count). The molecule has 0 spiro atoms. The number of nitrogens with zero attached hydrogens (tertiary/aromatic N) is 1. The van der Waals surface area contributed by atoms with Crippen LogP contribution in [0.4, 0.5) is 33.7 Å². The van der Waals surface area contributed by atoms with Crippen LogP contribution in [0.2, 0.25) is 5.02 Å². The van der Waals surface area contributed by atoms with E-state index in [1.807, 2.05) is 0 Å². The van der Waals surface area contributed by atoms with Crippen LogP contribution in [0.3, 0.4) is 0 Å². The van der Waals surface area contributed by atoms with Crippen molar-refractivity contribution >= 4 is 45.0 Å². The molecular weight excluding hydrogens is 558 g/mol. The number of halogens is 5. The summed E-state index contributed by atoms with van der Waals surface area (Å²) in [6, 6.07) is 5.59. The van der Waals surface area contributed by atoms with Gasteiger partial charge in [0, 0.05) is 31.3 Å². The highest BCUT2D eigenvalue weighted by Gasteiger charge is 2.51. The summed E-state index contributed by atoms with van der Waals surface area (Å²) in [6.07, 6.45) is -6.24. The van der Waals surface area contributed by atoms with Gasteiger partial charge in [-0.15, -0.1) is 0 Å². The summed E-state index contributed by atoms with van der Waals surface area (Å²) in [5, 5.41) is 12.5. The molecule has 0 aliphatic heterocycles. The Morgan fingerprint density at radius 2 is 1.79 bits per heavy atom. The molecule has 0 radical (unpaired) electrons. The molecule has 0 bridgehead atoms. The number of sulfonamides is 1. The number of carbonyl (C=O) groups excluding carboxylic acids is 2. The summed E-state index contributed by atoms with van der Waals surface area (Å²) in [4.78, 5) is 23.1. The van der Waals surface area contributed by atoms with Gasteiger partial charge in [0.25, 0.3) is 15.8 Å². The van der Waals surface area contributed by atoms with Crippen molar-refractivity contribution in [1.82, 2.24) is 5.32 Å². The predicted molar refractivity (Wildman–Crippen MR) is 134 cm³/mol. The van der Waals surface area contributed by atoms with E-state index in [1.165, 1.54) is 13.0 Å². The van der Waals surface area contributed by atoms with E-state index in [2.05, 4.69) is 15.4 Å². The van der Waals surface area contributed by atoms with Crippen LogP contribution in [0.5, 0.6) is 5.75 Å². The fraction of sp³-hybridized carbons (Fsp3) is 0.391. The molecule has 15 heteroatoms. The Bertz CT molecular complexity index is 1300. The normalized spacial score (nSPS) is 13.0. The van der Waals surface area contributed by atoms with Crippen LogP contribution in [-0.2, 0) is 19.6 Å². The number of amides is 2. The van der Waals surface area contributed by atoms with Gasteiger partial charge in [-0.05, 0) is 57.5 Å². The lowest BCUT2D eigenvalue weighted by atomic mass is 10.1. The molecule has 0 saturated carbocycles. The molecule has 38 heavy (non-hydrogen) atoms. The molecule has 2 aromatic rings. The van der Waals surface area contributed by atoms with E-state index in [0.29, 0.717) is 13.8 Å². The number of hydrogen-bond donors (Lipinski definition) is 2. The van der Waals surface area contributed by atoms with Crippen molar-refractivity contribution in [1.29, 1.82) is 0 Å². The molecule has 0 aliphatic rings. The van der Waals surface area contributed by atoms with Gasteiger partial charge in [-0.1, -0.05) is 11.6 Å². The summed E-state index contributed by atoms with van der Waals surface area (Å²) in [7, 11) is -4.48. The third-order valence-corrected chi connectivity index (χ3v) is 7.34. The number of anilines is 2. The first-order valence-corrected chi connectivity index (χ1v) is 12.8. The fourth-order valence-electron chi connectivity index (χ4n) is 3.11. The van der Waals surface area contributed by atoms with Crippen molar-refractivity contribution in [2.75, 3.05) is 16.2 Å². The van der Waals surface area contributed by atoms with E-state index in [0.717, 1.165) is 34.6 Å². The van der Waals surface area contributed by atoms with Gasteiger partial charge in [0.1, 0.15) is 11.5 Å². The van der Waals surface area contributed by atoms with E-state index in [9.17, 15) is 35.6 Å². The van der Waals surface area contributed by atoms with Crippen molar-refractivity contribution < 1.29 is 45.4 Å². The molecule has 4 N–H and O–H groups in total. The molecule has 210 valence electrons. The van der Waals surface area contributed by atoms with E-state index >= 15 is 0 Å². The molecule has 0 saturated heterocycles. The Morgan fingerprint density at radius 3 is 2.34 bits per heavy atom. The van der Waals surface area contributed by atoms with Crippen LogP contribution in [0.15, 0.2) is 41.3 Å². The Balaban J connectivity index is 2.48. The maximum absolute atomic E-state index is 13.7. The topological polar surface area (TPSA) is 128 Å². The zero-order chi connectivity index (χ0) is 29.1. The first kappa shape index (κ1) is 31.0. The minimum Gasteiger partial charge on any atom is -0.592 e. The third-order valence-electron chi connectivity index (χ3n) is 5.24. The Kier molecular flexibility index (Phi) is 9.48. The second-order valence-electron chi connectivity index (χ2n) is 8.80. The molecule has 0 heterocycles. The van der Waals surface area contributed by atoms with Crippen molar-refractivity contribution in [3.63, 3.8) is 0 Å². The molecule has 0 aromatic heterocycles. The number of benzene rings is 2. The molecule has 1 atom stereocenters. The number of alkyl halides is 3. The quantitative estimate of drug-likeness (QED) is 0.319. The Labute approximate surface area is 221 Å². The summed E-state index contributed by atoms with van der Waals surface area (Å²) < 4.78 is 85.3. The van der Waals surface area contributed by atoms with Crippen LogP contribution >= 0.6 is 11.6 Å². The van der Waals surface area contributed by atoms with Crippen molar-refractivity contribution in [3.8, 4) is 5.75 Å². The third kappa shape index (κ3) is 7.63. The number of carbonyl (C=O) groups is 2. The van der Waals surface area contributed by atoms with E-state index in [-0.39, 0.29) is 36.0 Å². The van der Waals surface area contributed by atoms with Crippen LogP contribution in [0.25, 0.3) is 0 Å². The van der Waals surface area contributed by atoms with Crippen molar-refractivity contribution in [2.24, 2.45) is 0 Å². The first-order chi connectivity index (χ1) is 17.3. The summed E-state index contributed by atoms with van der Waals surface area (Å²) >= 11 is 5.77. The number of rotatable bonds is 9. The van der Waals surface area contributed by atoms with Crippen LogP contribution < -0.4 is 14.9 Å². The van der Waals surface area contributed by atoms with E-state index in [1.54, 1.807) is 6.92 Å². The number of nitrogens with one attached hydrogen (secondary N) is 2. The van der Waals surface area contributed by atoms with Crippen LogP contribution in [-0.4, -0.2) is 49.9 Å². The average Bonchev–Trinajstić information content (AvgIpc) is 2.75. The molecule has 0 unspecified atom stereocenters. The SMILES string of the molecule is CC(=O)N[C@H](C)CCN(c1cc(NC(=O)OC(C)(C)C(F)(F)F)ccc1[OH2+])S(=O)(=O)c1ccc(F)c(Cl)c1. The van der Waals surface area contributed by atoms with Gasteiger partial charge in [-0.3, -0.25) is 14.4 Å². The smallest absolute Gasteiger partial charge is 0.427 e. The van der Waals surface area contributed by atoms with Gasteiger partial charge in [-0.25, -0.2) is 17.6 Å². The standard InChI is InChI=1S/C23H26ClF4N3O6S/c1-13(29-14(2)32)9-10-31(38(35,36)16-6-7-18(25)17(24)12-16)19-11-15(5-8-20(19)33)30-21(34)37-22(3,4)23(26,27)28/h5-8,11-13,33H,9-10H2,1-4H3,(H,29,32)(H,30,34)/p+1/t13-/m1/s1. The van der Waals surface area contributed by atoms with Gasteiger partial charge in [0.05, 0.1) is 9.92 Å². The highest BCUT2D eigenvalue weighted by Crippen LogP contribution is 2.36. The summed E-state index contributed by atoms with van der Waals surface area (Å²) in [6.45, 7) is 3.94. The second-order valence-corrected chi connectivity index (χ2v) is 11.1. The first-order valence-electron chi connectivity index (χ1n) is 11.0. The molecule has 2 amide bonds. The lowest BCUT2D eigenvalue weighted by molar-refractivity contribution is -0.242. The highest BCUT2D eigenvalue weighted by molar-refractivity contribution is 7.92. The predicted octanol–water partition coefficient (Wildman–Crippen LogP) is 4.92. The van der Waals surface area contributed by atoms with Crippen LogP contribution in [0.1, 0.15) is 34.1 Å². The largest absolute Gasteiger partial charge is 0.592 e. The molecule has 0 aliphatic carbocycles. The van der Waals surface area contributed by atoms with E-state index < -0.39 is 49.7 Å². The highest BCUT2D eigenvalue weighted by atomic mass is 35.5. The Morgan fingerprint density at radius 1 is 1.16 bits per heavy atom. The lowest BCUT2D eigenvalue weighted by Gasteiger charge is -2.28. The van der Waals surface area contributed by atoms with Gasteiger partial charge in [-0.2, -0.15) is 13.2 Å². The average molecular weight is 585 g/mol. The van der Waals surface area contributed by atoms with Gasteiger partial charge >= 0.3 is 12.3 Å². The fourth-order valence-corrected chi connectivity index (χ4v) is 4.88. The molecule has 2 aromatic carbocycles. The number of hydrogen-bond acceptors (Lipinski definition) is 5. The van der Waals surface area contributed by atoms with Gasteiger partial charge in [0.2, 0.25) is 11.5 Å². The summed E-state index contributed by atoms with van der Waals surface area (Å²) in [5.74, 6) is -1.53. The zero-order valence-electron chi connectivity index (χ0n) is 20.7. The molecule has 0 fully saturated rings. The van der Waals surface area contributed by atoms with E-state index in [4.69, 9.17) is 16.7 Å². The lowest BCUT2D eigenvalue weighted by Crippen LogP contribution is -2.44. The second kappa shape index (κ2) is 11.6. The van der Waals surface area contributed by atoms with Crippen LogP contribution in [0, 0.1) is 5.82 Å². The minimum absolute atomic E-state index is 0.0760. The van der Waals surface area contributed by atoms with Gasteiger partial charge < -0.3 is 15.2 Å². The molecular formula is C23H27ClF4N3O6S+. The monoisotopic (exact) mass is 584 g/mol. The van der Waals surface area contributed by atoms with Crippen molar-refractivity contribution in [3.05, 3.63) is 47.2 Å². The summed E-state index contributed by atoms with van der Waals surface area (Å²) in [5.41, 5.74) is -3.23.